The SMILES string of the molecule is Cc1ccc2c(c1)NC(=S)Cc1cnc(Nc3cc(CCCN)cnc3C)nc1-2. The Morgan fingerprint density at radius 2 is 2.03 bits per heavy atom. The topological polar surface area (TPSA) is 88.8 Å². The summed E-state index contributed by atoms with van der Waals surface area (Å²) >= 11 is 5.49. The monoisotopic (exact) mass is 404 g/mol. The number of fused-ring (bicyclic) bond motifs is 3. The molecular formula is C22H24N6S. The number of benzene rings is 1. The van der Waals surface area contributed by atoms with Crippen molar-refractivity contribution >= 4 is 34.5 Å². The zero-order valence-electron chi connectivity index (χ0n) is 16.6. The number of pyridine rings is 1. The Balaban J connectivity index is 1.71. The lowest BCUT2D eigenvalue weighted by atomic mass is 10.0. The van der Waals surface area contributed by atoms with Gasteiger partial charge in [-0.15, -0.1) is 0 Å². The summed E-state index contributed by atoms with van der Waals surface area (Å²) in [5.41, 5.74) is 13.7. The lowest BCUT2D eigenvalue weighted by molar-refractivity contribution is 0.828. The maximum atomic E-state index is 5.63. The van der Waals surface area contributed by atoms with Crippen molar-refractivity contribution in [2.24, 2.45) is 5.73 Å². The Morgan fingerprint density at radius 3 is 2.86 bits per heavy atom. The van der Waals surface area contributed by atoms with Crippen molar-refractivity contribution in [3.05, 3.63) is 59.0 Å². The molecule has 4 rings (SSSR count). The van der Waals surface area contributed by atoms with E-state index in [1.807, 2.05) is 19.3 Å². The van der Waals surface area contributed by atoms with Crippen LogP contribution >= 0.6 is 12.2 Å². The third-order valence-electron chi connectivity index (χ3n) is 4.98. The summed E-state index contributed by atoms with van der Waals surface area (Å²) in [5.74, 6) is 0.545. The first kappa shape index (κ1) is 19.4. The van der Waals surface area contributed by atoms with Crippen LogP contribution in [0.4, 0.5) is 17.3 Å². The van der Waals surface area contributed by atoms with Gasteiger partial charge in [0.25, 0.3) is 0 Å². The number of rotatable bonds is 5. The van der Waals surface area contributed by atoms with Crippen LogP contribution in [0.15, 0.2) is 36.7 Å². The minimum atomic E-state index is 0.545. The molecule has 0 saturated carbocycles. The van der Waals surface area contributed by atoms with E-state index in [0.717, 1.165) is 57.3 Å². The quantitative estimate of drug-likeness (QED) is 0.552. The fraction of sp³-hybridized carbons (Fsp3) is 0.273. The van der Waals surface area contributed by atoms with Crippen molar-refractivity contribution in [1.29, 1.82) is 0 Å². The first-order chi connectivity index (χ1) is 14.0. The van der Waals surface area contributed by atoms with Gasteiger partial charge in [0.05, 0.1) is 22.1 Å². The molecule has 148 valence electrons. The van der Waals surface area contributed by atoms with Crippen LogP contribution in [0.1, 0.15) is 28.8 Å². The molecule has 0 amide bonds. The Kier molecular flexibility index (Phi) is 5.51. The molecule has 29 heavy (non-hydrogen) atoms. The van der Waals surface area contributed by atoms with E-state index in [1.165, 1.54) is 5.56 Å². The molecule has 0 fully saturated rings. The average molecular weight is 405 g/mol. The number of aromatic nitrogens is 3. The molecule has 0 unspecified atom stereocenters. The third kappa shape index (κ3) is 4.26. The predicted octanol–water partition coefficient (Wildman–Crippen LogP) is 4.09. The van der Waals surface area contributed by atoms with Crippen molar-refractivity contribution in [3.63, 3.8) is 0 Å². The Hall–Kier alpha value is -2.90. The van der Waals surface area contributed by atoms with Gasteiger partial charge in [-0.1, -0.05) is 24.4 Å². The van der Waals surface area contributed by atoms with Crippen LogP contribution in [0, 0.1) is 13.8 Å². The molecular weight excluding hydrogens is 380 g/mol. The molecule has 4 N–H and O–H groups in total. The molecule has 7 heteroatoms. The average Bonchev–Trinajstić information content (AvgIpc) is 2.83. The minimum Gasteiger partial charge on any atom is -0.349 e. The number of nitrogens with one attached hydrogen (secondary N) is 2. The van der Waals surface area contributed by atoms with Crippen molar-refractivity contribution in [1.82, 2.24) is 15.0 Å². The first-order valence-corrected chi connectivity index (χ1v) is 10.1. The second-order valence-electron chi connectivity index (χ2n) is 7.34. The fourth-order valence-electron chi connectivity index (χ4n) is 3.43. The number of anilines is 3. The normalized spacial score (nSPS) is 12.6. The highest BCUT2D eigenvalue weighted by Crippen LogP contribution is 2.34. The predicted molar refractivity (Wildman–Crippen MR) is 122 cm³/mol. The highest BCUT2D eigenvalue weighted by Gasteiger charge is 2.19. The summed E-state index contributed by atoms with van der Waals surface area (Å²) in [6.07, 6.45) is 6.21. The molecule has 0 radical (unpaired) electrons. The summed E-state index contributed by atoms with van der Waals surface area (Å²) in [5, 5.41) is 6.68. The van der Waals surface area contributed by atoms with E-state index >= 15 is 0 Å². The van der Waals surface area contributed by atoms with Crippen LogP contribution < -0.4 is 16.4 Å². The van der Waals surface area contributed by atoms with Gasteiger partial charge in [0.15, 0.2) is 0 Å². The van der Waals surface area contributed by atoms with Gasteiger partial charge in [-0.3, -0.25) is 4.98 Å². The summed E-state index contributed by atoms with van der Waals surface area (Å²) in [7, 11) is 0. The van der Waals surface area contributed by atoms with Gasteiger partial charge in [-0.05, 0) is 56.5 Å². The molecule has 0 saturated heterocycles. The number of nitrogens with zero attached hydrogens (tertiary/aromatic N) is 3. The molecule has 0 aliphatic carbocycles. The van der Waals surface area contributed by atoms with Crippen molar-refractivity contribution in [2.45, 2.75) is 33.1 Å². The fourth-order valence-corrected chi connectivity index (χ4v) is 3.70. The number of hydrogen-bond donors (Lipinski definition) is 3. The number of hydrogen-bond acceptors (Lipinski definition) is 6. The second-order valence-corrected chi connectivity index (χ2v) is 7.83. The second kappa shape index (κ2) is 8.23. The Labute approximate surface area is 176 Å². The number of nitrogens with two attached hydrogens (primary N) is 1. The van der Waals surface area contributed by atoms with Gasteiger partial charge in [-0.2, -0.15) is 0 Å². The molecule has 1 aromatic carbocycles. The van der Waals surface area contributed by atoms with Gasteiger partial charge < -0.3 is 16.4 Å². The van der Waals surface area contributed by atoms with E-state index < -0.39 is 0 Å². The van der Waals surface area contributed by atoms with Gasteiger partial charge in [-0.25, -0.2) is 9.97 Å². The van der Waals surface area contributed by atoms with Crippen molar-refractivity contribution in [3.8, 4) is 11.3 Å². The van der Waals surface area contributed by atoms with Crippen molar-refractivity contribution < 1.29 is 0 Å². The first-order valence-electron chi connectivity index (χ1n) is 9.73. The summed E-state index contributed by atoms with van der Waals surface area (Å²) in [6.45, 7) is 4.70. The van der Waals surface area contributed by atoms with E-state index in [0.29, 0.717) is 18.9 Å². The van der Waals surface area contributed by atoms with Crippen molar-refractivity contribution in [2.75, 3.05) is 17.2 Å². The molecule has 1 aliphatic heterocycles. The van der Waals surface area contributed by atoms with Crippen LogP contribution in [-0.4, -0.2) is 26.5 Å². The lowest BCUT2D eigenvalue weighted by Gasteiger charge is -2.13. The summed E-state index contributed by atoms with van der Waals surface area (Å²) < 4.78 is 0. The molecule has 0 atom stereocenters. The number of thiocarbonyl (C=S) groups is 1. The van der Waals surface area contributed by atoms with E-state index in [1.54, 1.807) is 0 Å². The molecule has 3 aromatic rings. The van der Waals surface area contributed by atoms with E-state index in [-0.39, 0.29) is 0 Å². The van der Waals surface area contributed by atoms with Crippen LogP contribution in [0.25, 0.3) is 11.3 Å². The van der Waals surface area contributed by atoms with Gasteiger partial charge in [0, 0.05) is 35.6 Å². The Bertz CT molecular complexity index is 1080. The third-order valence-corrected chi connectivity index (χ3v) is 5.23. The van der Waals surface area contributed by atoms with Gasteiger partial charge in [0.1, 0.15) is 0 Å². The standard InChI is InChI=1S/C22H24N6S/c1-13-5-6-17-19(8-13)26-20(29)10-16-12-25-22(28-21(16)17)27-18-9-15(4-3-7-23)11-24-14(18)2/h5-6,8-9,11-12H,3-4,7,10,23H2,1-2H3,(H,26,29)(H,25,27,28). The van der Waals surface area contributed by atoms with Crippen LogP contribution in [0.5, 0.6) is 0 Å². The highest BCUT2D eigenvalue weighted by atomic mass is 32.1. The zero-order chi connectivity index (χ0) is 20.4. The molecule has 6 nitrogen and oxygen atoms in total. The van der Waals surface area contributed by atoms with Gasteiger partial charge >= 0.3 is 0 Å². The minimum absolute atomic E-state index is 0.545. The lowest BCUT2D eigenvalue weighted by Crippen LogP contribution is -2.10. The molecule has 1 aliphatic rings. The van der Waals surface area contributed by atoms with E-state index in [9.17, 15) is 0 Å². The smallest absolute Gasteiger partial charge is 0.227 e. The molecule has 0 bridgehead atoms. The van der Waals surface area contributed by atoms with E-state index in [4.69, 9.17) is 22.9 Å². The molecule has 0 spiro atoms. The maximum Gasteiger partial charge on any atom is 0.227 e. The largest absolute Gasteiger partial charge is 0.349 e. The van der Waals surface area contributed by atoms with Crippen LogP contribution in [-0.2, 0) is 12.8 Å². The van der Waals surface area contributed by atoms with Crippen LogP contribution in [0.3, 0.4) is 0 Å². The Morgan fingerprint density at radius 1 is 1.17 bits per heavy atom. The van der Waals surface area contributed by atoms with E-state index in [2.05, 4.69) is 51.8 Å². The van der Waals surface area contributed by atoms with Gasteiger partial charge in [0.2, 0.25) is 5.95 Å². The highest BCUT2D eigenvalue weighted by molar-refractivity contribution is 7.80. The zero-order valence-corrected chi connectivity index (χ0v) is 17.4. The van der Waals surface area contributed by atoms with Crippen LogP contribution in [0.2, 0.25) is 0 Å². The molecule has 2 aromatic heterocycles. The summed E-state index contributed by atoms with van der Waals surface area (Å²) in [4.78, 5) is 14.6. The summed E-state index contributed by atoms with van der Waals surface area (Å²) in [6, 6.07) is 8.37. The number of aryl methyl sites for hydroxylation is 3. The molecule has 3 heterocycles. The maximum absolute atomic E-state index is 5.63.